The molecule has 0 fully saturated rings. The standard InChI is InChI=1S/H154Si76/c1-3-5-7-9-11-13-15-17-19-21-23-25-27-29-31-33-35-37-39-41-43-45-47-49-51-53-55-57-59-61-63-65-67-69-71-73-75-76-74-72-70-68-66-64-62-60-58-56-54-52-50-48-46-44-42-40-38-36-34-32-30-28-26-24-22-20-18-16-14-12-10-8-6-4-2/h3-76H2,1-2H3. The smallest absolute Gasteiger partial charge is 0.00934 e. The third-order valence-electron chi connectivity index (χ3n) is 18.5. The molecule has 0 aliphatic carbocycles. The molecule has 0 spiro atoms. The Morgan fingerprint density at radius 3 is 0.145 bits per heavy atom. The second kappa shape index (κ2) is 91.5. The van der Waals surface area contributed by atoms with Gasteiger partial charge in [-0.2, -0.15) is 0 Å². The molecule has 76 heavy (non-hydrogen) atoms. The molecule has 0 saturated heterocycles. The molecule has 458 valence electrons. The molecule has 76 heteroatoms. The molecule has 0 aromatic rings. The Balaban J connectivity index is 3.07. The Morgan fingerprint density at radius 2 is 0.105 bits per heavy atom. The van der Waals surface area contributed by atoms with Crippen LogP contribution >= 0.6 is 0 Å². The Hall–Kier alpha value is 16.5. The van der Waals surface area contributed by atoms with Crippen LogP contribution in [0, 0.1) is 0 Å². The molecule has 0 heterocycles. The minimum atomic E-state index is 0.819. The summed E-state index contributed by atoms with van der Waals surface area (Å²) in [6, 6.07) is 0. The molecule has 0 radical (unpaired) electrons. The second-order valence-electron chi connectivity index (χ2n) is 26.5. The maximum Gasteiger partial charge on any atom is -0.00934 e. The van der Waals surface area contributed by atoms with Gasteiger partial charge in [0.2, 0.25) is 0 Å². The van der Waals surface area contributed by atoms with Gasteiger partial charge in [-0.3, -0.25) is 0 Å². The SMILES string of the molecule is [SiH3][SiH2][SiH2][SiH2][SiH2][SiH2][SiH2][SiH2][SiH2][SiH2][SiH2][SiH2][SiH2][SiH2][SiH2][SiH2][SiH2][SiH2][SiH2][SiH2][SiH2][SiH2][SiH2][SiH2][SiH2][SiH2][SiH2][SiH2][SiH2][SiH2][SiH2][SiH2][SiH2][SiH2][SiH2][SiH2][SiH2][SiH2][SiH2][SiH2][SiH2][SiH2][SiH2][SiH2][SiH2][SiH2][SiH2][SiH2][SiH2][SiH2][SiH2][SiH2][SiH2][SiH2][SiH2][SiH2][SiH2][SiH2][SiH2][SiH2][SiH2][SiH2][SiH2][SiH2][SiH2][SiH2][SiH2][SiH2][SiH2][SiH2][SiH2][SiH2][SiH2][SiH2][SiH2][SiH3]. The van der Waals surface area contributed by atoms with Gasteiger partial charge >= 0.3 is 0 Å². The van der Waals surface area contributed by atoms with E-state index >= 15 is 0 Å². The molecule has 0 aromatic heterocycles. The van der Waals surface area contributed by atoms with Crippen LogP contribution in [0.2, 0.25) is 0 Å². The second-order valence-corrected chi connectivity index (χ2v) is 714. The van der Waals surface area contributed by atoms with Crippen molar-refractivity contribution in [2.45, 2.75) is 0 Å². The minimum Gasteiger partial charge on any atom is -0.0120 e. The monoisotopic (exact) mass is 2280 g/mol. The van der Waals surface area contributed by atoms with E-state index < -0.39 is 0 Å². The molecule has 0 saturated carbocycles. The molecular formula is H154Si76. The fourth-order valence-corrected chi connectivity index (χ4v) is 3130. The van der Waals surface area contributed by atoms with Crippen LogP contribution in [0.15, 0.2) is 0 Å². The van der Waals surface area contributed by atoms with Crippen LogP contribution in [0.4, 0.5) is 0 Å². The highest BCUT2D eigenvalue weighted by molar-refractivity contribution is 7.82. The third-order valence-corrected chi connectivity index (χ3v) is 1500. The molecule has 0 rings (SSSR count). The average molecular weight is 2290 g/mol. The van der Waals surface area contributed by atoms with Crippen molar-refractivity contribution in [2.24, 2.45) is 0 Å². The van der Waals surface area contributed by atoms with Crippen molar-refractivity contribution in [3.05, 3.63) is 0 Å². The van der Waals surface area contributed by atoms with E-state index in [-0.39, 0.29) is 0 Å². The van der Waals surface area contributed by atoms with Crippen molar-refractivity contribution in [3.63, 3.8) is 0 Å². The van der Waals surface area contributed by atoms with Crippen LogP contribution in [0.3, 0.4) is 0 Å². The number of hydrogen-bond donors (Lipinski definition) is 0. The third kappa shape index (κ3) is 90.5. The summed E-state index contributed by atoms with van der Waals surface area (Å²) in [5.74, 6) is 0. The first-order chi connectivity index (χ1) is 37.9. The molecule has 0 aliphatic rings. The lowest BCUT2D eigenvalue weighted by Crippen LogP contribution is -2.38. The van der Waals surface area contributed by atoms with E-state index in [4.69, 9.17) is 0 Å². The van der Waals surface area contributed by atoms with Crippen LogP contribution in [-0.2, 0) is 0 Å². The van der Waals surface area contributed by atoms with Crippen LogP contribution < -0.4 is 0 Å². The molecule has 0 aromatic carbocycles. The van der Waals surface area contributed by atoms with Crippen molar-refractivity contribution in [2.75, 3.05) is 0 Å². The van der Waals surface area contributed by atoms with Crippen molar-refractivity contribution in [1.82, 2.24) is 0 Å². The van der Waals surface area contributed by atoms with Gasteiger partial charge in [0.1, 0.15) is 0 Å². The van der Waals surface area contributed by atoms with Gasteiger partial charge in [0.25, 0.3) is 0 Å². The van der Waals surface area contributed by atoms with Crippen molar-refractivity contribution < 1.29 is 0 Å². The number of rotatable bonds is 73. The summed E-state index contributed by atoms with van der Waals surface area (Å²) >= 11 is 0. The summed E-state index contributed by atoms with van der Waals surface area (Å²) in [6.45, 7) is 0. The molecule has 0 unspecified atom stereocenters. The van der Waals surface area contributed by atoms with Gasteiger partial charge in [-0.25, -0.2) is 0 Å². The van der Waals surface area contributed by atoms with E-state index in [9.17, 15) is 0 Å². The summed E-state index contributed by atoms with van der Waals surface area (Å²) in [4.78, 5) is 0. The highest BCUT2D eigenvalue weighted by Gasteiger charge is 2.06. The van der Waals surface area contributed by atoms with Gasteiger partial charge < -0.3 is 0 Å². The fraction of sp³-hybridized carbons (Fsp3) is 0. The van der Waals surface area contributed by atoms with E-state index in [1.807, 2.05) is 0 Å². The van der Waals surface area contributed by atoms with Crippen LogP contribution in [0.1, 0.15) is 0 Å². The topological polar surface area (TPSA) is 0 Å². The summed E-state index contributed by atoms with van der Waals surface area (Å²) in [5, 5.41) is 0. The maximum absolute atomic E-state index is 1.76. The lowest BCUT2D eigenvalue weighted by molar-refractivity contribution is 3.76. The van der Waals surface area contributed by atoms with Gasteiger partial charge in [0.15, 0.2) is 0 Å². The van der Waals surface area contributed by atoms with Gasteiger partial charge in [0.05, 0.1) is 0 Å². The van der Waals surface area contributed by atoms with E-state index in [2.05, 4.69) is 0 Å². The highest BCUT2D eigenvalue weighted by atomic mass is 30.2. The zero-order chi connectivity index (χ0) is 54.3. The quantitative estimate of drug-likeness (QED) is 0.0421. The van der Waals surface area contributed by atoms with Crippen LogP contribution in [0.5, 0.6) is 0 Å². The summed E-state index contributed by atoms with van der Waals surface area (Å²) in [6.07, 6.45) is 0. The Kier molecular flexibility index (Phi) is 111. The normalized spacial score (nSPS) is 23.5. The van der Waals surface area contributed by atoms with Crippen molar-refractivity contribution in [3.8, 4) is 0 Å². The lowest BCUT2D eigenvalue weighted by Gasteiger charge is -2.01. The molecule has 0 bridgehead atoms. The zero-order valence-corrected chi connectivity index (χ0v) is 163. The molecule has 0 amide bonds. The highest BCUT2D eigenvalue weighted by Crippen LogP contribution is 1.69. The molecule has 0 nitrogen and oxygen atoms in total. The zero-order valence-electron chi connectivity index (χ0n) is 54.3. The first kappa shape index (κ1) is 92.5. The number of hydrogen-bond acceptors (Lipinski definition) is 0. The van der Waals surface area contributed by atoms with Crippen molar-refractivity contribution >= 4 is 653 Å². The fourth-order valence-electron chi connectivity index (χ4n) is 12.9. The Labute approximate surface area is 639 Å². The molecule has 0 atom stereocenters. The van der Waals surface area contributed by atoms with Gasteiger partial charge in [0, 0.05) is 0 Å². The largest absolute Gasteiger partial charge is 0.0120 e. The summed E-state index contributed by atoms with van der Waals surface area (Å²) in [5.41, 5.74) is 0. The summed E-state index contributed by atoms with van der Waals surface area (Å²) < 4.78 is 0. The maximum atomic E-state index is 1.76. The van der Waals surface area contributed by atoms with E-state index in [1.54, 1.807) is 19.5 Å². The first-order valence-corrected chi connectivity index (χ1v) is 341. The van der Waals surface area contributed by atoms with E-state index in [0.29, 0.717) is 0 Å². The molecular weight excluding hydrogens is 2130 g/mol. The van der Waals surface area contributed by atoms with Gasteiger partial charge in [-0.1, -0.05) is 0 Å². The van der Waals surface area contributed by atoms with Crippen LogP contribution in [0.25, 0.3) is 0 Å². The minimum absolute atomic E-state index is 0.819. The lowest BCUT2D eigenvalue weighted by atomic mass is 26.1. The predicted octanol–water partition coefficient (Wildman–Crippen LogP) is -70.2. The van der Waals surface area contributed by atoms with E-state index in [0.717, 1.165) is 633 Å². The van der Waals surface area contributed by atoms with Crippen LogP contribution in [-0.4, -0.2) is 653 Å². The molecule has 0 aliphatic heterocycles. The first-order valence-electron chi connectivity index (χ1n) is 37.9. The predicted molar refractivity (Wildman–Crippen MR) is 652 cm³/mol. The molecule has 0 N–H and O–H groups in total. The van der Waals surface area contributed by atoms with Gasteiger partial charge in [-0.15, -0.1) is 0 Å². The van der Waals surface area contributed by atoms with Gasteiger partial charge in [-0.05, 0) is 653 Å². The van der Waals surface area contributed by atoms with Crippen molar-refractivity contribution in [1.29, 1.82) is 0 Å². The summed E-state index contributed by atoms with van der Waals surface area (Å²) in [7, 11) is 72.8. The Morgan fingerprint density at radius 1 is 0.0658 bits per heavy atom. The average Bonchev–Trinajstić information content (AvgIpc) is 3.43. The van der Waals surface area contributed by atoms with E-state index in [1.165, 1.54) is 0 Å². The Bertz CT molecular complexity index is 845.